The fraction of sp³-hybridized carbons (Fsp3) is 0.0909. The Morgan fingerprint density at radius 1 is 0.652 bits per heavy atom. The van der Waals surface area contributed by atoms with E-state index in [4.69, 9.17) is 4.74 Å². The van der Waals surface area contributed by atoms with E-state index >= 15 is 0 Å². The molecular formula is C22H18O. The lowest BCUT2D eigenvalue weighted by atomic mass is 10.0. The van der Waals surface area contributed by atoms with Gasteiger partial charge in [-0.25, -0.2) is 0 Å². The van der Waals surface area contributed by atoms with Crippen molar-refractivity contribution in [3.63, 3.8) is 0 Å². The predicted molar refractivity (Wildman–Crippen MR) is 97.3 cm³/mol. The minimum atomic E-state index is 0.911. The third kappa shape index (κ3) is 2.44. The molecule has 4 aromatic rings. The molecule has 0 fully saturated rings. The van der Waals surface area contributed by atoms with Crippen molar-refractivity contribution in [3.05, 3.63) is 84.4 Å². The SMILES string of the molecule is CCc1ccc2ccccc2c1Oc1cccc2ccccc12. The van der Waals surface area contributed by atoms with Gasteiger partial charge >= 0.3 is 0 Å². The lowest BCUT2D eigenvalue weighted by Gasteiger charge is -2.15. The van der Waals surface area contributed by atoms with Gasteiger partial charge in [-0.2, -0.15) is 0 Å². The molecule has 0 aliphatic carbocycles. The Kier molecular flexibility index (Phi) is 3.47. The first-order chi connectivity index (χ1) is 11.4. The Labute approximate surface area is 136 Å². The third-order valence-electron chi connectivity index (χ3n) is 4.30. The Morgan fingerprint density at radius 2 is 1.30 bits per heavy atom. The highest BCUT2D eigenvalue weighted by atomic mass is 16.5. The standard InChI is InChI=1S/C22H18O/c1-2-16-14-15-18-9-4-6-12-20(18)22(16)23-21-13-7-10-17-8-3-5-11-19(17)21/h3-15H,2H2,1H3. The van der Waals surface area contributed by atoms with E-state index in [1.165, 1.54) is 21.7 Å². The van der Waals surface area contributed by atoms with E-state index in [1.807, 2.05) is 6.07 Å². The van der Waals surface area contributed by atoms with Gasteiger partial charge in [0.05, 0.1) is 0 Å². The molecule has 0 bridgehead atoms. The molecule has 0 aromatic heterocycles. The van der Waals surface area contributed by atoms with Crippen LogP contribution < -0.4 is 4.74 Å². The summed E-state index contributed by atoms with van der Waals surface area (Å²) in [5.74, 6) is 1.89. The molecule has 0 aliphatic rings. The molecule has 0 N–H and O–H groups in total. The quantitative estimate of drug-likeness (QED) is 0.428. The summed E-state index contributed by atoms with van der Waals surface area (Å²) in [5, 5.41) is 4.72. The highest BCUT2D eigenvalue weighted by Crippen LogP contribution is 2.36. The first-order valence-electron chi connectivity index (χ1n) is 8.03. The van der Waals surface area contributed by atoms with E-state index in [9.17, 15) is 0 Å². The molecule has 0 spiro atoms. The summed E-state index contributed by atoms with van der Waals surface area (Å²) in [6.45, 7) is 2.17. The molecule has 0 saturated carbocycles. The van der Waals surface area contributed by atoms with E-state index in [0.717, 1.165) is 23.3 Å². The summed E-state index contributed by atoms with van der Waals surface area (Å²) in [4.78, 5) is 0. The highest BCUT2D eigenvalue weighted by Gasteiger charge is 2.10. The zero-order chi connectivity index (χ0) is 15.6. The number of benzene rings is 4. The lowest BCUT2D eigenvalue weighted by molar-refractivity contribution is 0.488. The first-order valence-corrected chi connectivity index (χ1v) is 8.03. The Bertz CT molecular complexity index is 980. The smallest absolute Gasteiger partial charge is 0.138 e. The Hall–Kier alpha value is -2.80. The van der Waals surface area contributed by atoms with Crippen molar-refractivity contribution in [2.24, 2.45) is 0 Å². The largest absolute Gasteiger partial charge is 0.456 e. The van der Waals surface area contributed by atoms with Gasteiger partial charge < -0.3 is 4.74 Å². The van der Waals surface area contributed by atoms with Gasteiger partial charge in [-0.1, -0.05) is 79.7 Å². The van der Waals surface area contributed by atoms with E-state index in [0.29, 0.717) is 0 Å². The molecule has 0 aliphatic heterocycles. The zero-order valence-electron chi connectivity index (χ0n) is 13.1. The van der Waals surface area contributed by atoms with Crippen LogP contribution in [0.15, 0.2) is 78.9 Å². The molecule has 4 aromatic carbocycles. The number of hydrogen-bond donors (Lipinski definition) is 0. The molecule has 1 heteroatoms. The minimum absolute atomic E-state index is 0.911. The second-order valence-corrected chi connectivity index (χ2v) is 5.71. The maximum atomic E-state index is 6.43. The summed E-state index contributed by atoms with van der Waals surface area (Å²) in [7, 11) is 0. The second kappa shape index (κ2) is 5.77. The van der Waals surface area contributed by atoms with Crippen LogP contribution in [0.5, 0.6) is 11.5 Å². The first kappa shape index (κ1) is 13.8. The normalized spacial score (nSPS) is 11.0. The average Bonchev–Trinajstić information content (AvgIpc) is 2.62. The number of fused-ring (bicyclic) bond motifs is 2. The van der Waals surface area contributed by atoms with Gasteiger partial charge in [-0.05, 0) is 28.8 Å². The van der Waals surface area contributed by atoms with Crippen molar-refractivity contribution in [3.8, 4) is 11.5 Å². The fourth-order valence-corrected chi connectivity index (χ4v) is 3.08. The van der Waals surface area contributed by atoms with Gasteiger partial charge in [0.15, 0.2) is 0 Å². The van der Waals surface area contributed by atoms with Gasteiger partial charge in [0.1, 0.15) is 11.5 Å². The van der Waals surface area contributed by atoms with E-state index < -0.39 is 0 Å². The molecule has 0 radical (unpaired) electrons. The monoisotopic (exact) mass is 298 g/mol. The minimum Gasteiger partial charge on any atom is -0.456 e. The maximum absolute atomic E-state index is 6.43. The Morgan fingerprint density at radius 3 is 2.09 bits per heavy atom. The topological polar surface area (TPSA) is 9.23 Å². The molecule has 0 unspecified atom stereocenters. The van der Waals surface area contributed by atoms with Crippen LogP contribution in [0, 0.1) is 0 Å². The molecule has 0 saturated heterocycles. The highest BCUT2D eigenvalue weighted by molar-refractivity contribution is 5.92. The molecule has 0 atom stereocenters. The Balaban J connectivity index is 1.92. The van der Waals surface area contributed by atoms with Crippen LogP contribution in [-0.2, 0) is 6.42 Å². The molecule has 4 rings (SSSR count). The van der Waals surface area contributed by atoms with Crippen LogP contribution in [0.2, 0.25) is 0 Å². The summed E-state index contributed by atoms with van der Waals surface area (Å²) in [6.07, 6.45) is 0.949. The van der Waals surface area contributed by atoms with Crippen LogP contribution >= 0.6 is 0 Å². The van der Waals surface area contributed by atoms with Crippen molar-refractivity contribution in [1.82, 2.24) is 0 Å². The number of hydrogen-bond acceptors (Lipinski definition) is 1. The van der Waals surface area contributed by atoms with E-state index in [-0.39, 0.29) is 0 Å². The van der Waals surface area contributed by atoms with Crippen molar-refractivity contribution in [2.75, 3.05) is 0 Å². The summed E-state index contributed by atoms with van der Waals surface area (Å²) in [6, 6.07) is 27.3. The molecule has 23 heavy (non-hydrogen) atoms. The summed E-state index contributed by atoms with van der Waals surface area (Å²) < 4.78 is 6.43. The van der Waals surface area contributed by atoms with Crippen molar-refractivity contribution in [1.29, 1.82) is 0 Å². The van der Waals surface area contributed by atoms with E-state index in [2.05, 4.69) is 79.7 Å². The van der Waals surface area contributed by atoms with Crippen LogP contribution in [0.25, 0.3) is 21.5 Å². The predicted octanol–water partition coefficient (Wildman–Crippen LogP) is 6.35. The maximum Gasteiger partial charge on any atom is 0.138 e. The van der Waals surface area contributed by atoms with Gasteiger partial charge in [0.25, 0.3) is 0 Å². The molecular weight excluding hydrogens is 280 g/mol. The van der Waals surface area contributed by atoms with Gasteiger partial charge in [-0.3, -0.25) is 0 Å². The van der Waals surface area contributed by atoms with Crippen LogP contribution in [0.3, 0.4) is 0 Å². The van der Waals surface area contributed by atoms with Gasteiger partial charge in [0.2, 0.25) is 0 Å². The number of rotatable bonds is 3. The average molecular weight is 298 g/mol. The lowest BCUT2D eigenvalue weighted by Crippen LogP contribution is -1.93. The van der Waals surface area contributed by atoms with Crippen LogP contribution in [-0.4, -0.2) is 0 Å². The molecule has 0 heterocycles. The summed E-state index contributed by atoms with van der Waals surface area (Å²) in [5.41, 5.74) is 1.23. The fourth-order valence-electron chi connectivity index (χ4n) is 3.08. The second-order valence-electron chi connectivity index (χ2n) is 5.71. The summed E-state index contributed by atoms with van der Waals surface area (Å²) >= 11 is 0. The van der Waals surface area contributed by atoms with Gasteiger partial charge in [0, 0.05) is 10.8 Å². The number of aryl methyl sites for hydroxylation is 1. The van der Waals surface area contributed by atoms with Crippen LogP contribution in [0.4, 0.5) is 0 Å². The molecule has 0 amide bonds. The zero-order valence-corrected chi connectivity index (χ0v) is 13.1. The number of ether oxygens (including phenoxy) is 1. The van der Waals surface area contributed by atoms with E-state index in [1.54, 1.807) is 0 Å². The van der Waals surface area contributed by atoms with Crippen molar-refractivity contribution >= 4 is 21.5 Å². The van der Waals surface area contributed by atoms with Crippen LogP contribution in [0.1, 0.15) is 12.5 Å². The molecule has 1 nitrogen and oxygen atoms in total. The van der Waals surface area contributed by atoms with Crippen molar-refractivity contribution in [2.45, 2.75) is 13.3 Å². The van der Waals surface area contributed by atoms with Gasteiger partial charge in [-0.15, -0.1) is 0 Å². The molecule has 112 valence electrons. The third-order valence-corrected chi connectivity index (χ3v) is 4.30. The van der Waals surface area contributed by atoms with Crippen molar-refractivity contribution < 1.29 is 4.74 Å².